The summed E-state index contributed by atoms with van der Waals surface area (Å²) in [6.45, 7) is 6.56. The Labute approximate surface area is 68.3 Å². The Morgan fingerprint density at radius 1 is 1.45 bits per heavy atom. The van der Waals surface area contributed by atoms with Crippen LogP contribution in [0.1, 0.15) is 40.0 Å². The average Bonchev–Trinajstić information content (AvgIpc) is 1.94. The lowest BCUT2D eigenvalue weighted by Gasteiger charge is -2.35. The molecule has 2 atom stereocenters. The summed E-state index contributed by atoms with van der Waals surface area (Å²) in [6, 6.07) is 0.0683. The first kappa shape index (κ1) is 8.69. The van der Waals surface area contributed by atoms with E-state index in [9.17, 15) is 4.91 Å². The molecular formula is C9H17NO. The zero-order valence-electron chi connectivity index (χ0n) is 7.63. The van der Waals surface area contributed by atoms with Crippen LogP contribution in [-0.4, -0.2) is 6.04 Å². The summed E-state index contributed by atoms with van der Waals surface area (Å²) < 4.78 is 0. The second kappa shape index (κ2) is 2.92. The fraction of sp³-hybridized carbons (Fsp3) is 1.00. The van der Waals surface area contributed by atoms with Crippen molar-refractivity contribution in [3.8, 4) is 0 Å². The highest BCUT2D eigenvalue weighted by atomic mass is 16.3. The topological polar surface area (TPSA) is 29.4 Å². The van der Waals surface area contributed by atoms with E-state index < -0.39 is 0 Å². The molecule has 0 unspecified atom stereocenters. The molecule has 2 heteroatoms. The summed E-state index contributed by atoms with van der Waals surface area (Å²) in [5.41, 5.74) is 0.338. The van der Waals surface area contributed by atoms with Gasteiger partial charge in [-0.05, 0) is 30.6 Å². The number of hydrogen-bond donors (Lipinski definition) is 0. The van der Waals surface area contributed by atoms with E-state index in [1.54, 1.807) is 0 Å². The highest BCUT2D eigenvalue weighted by molar-refractivity contribution is 4.86. The Kier molecular flexibility index (Phi) is 2.31. The minimum atomic E-state index is 0.0683. The average molecular weight is 155 g/mol. The van der Waals surface area contributed by atoms with Crippen LogP contribution in [0.5, 0.6) is 0 Å². The van der Waals surface area contributed by atoms with Gasteiger partial charge in [0.1, 0.15) is 0 Å². The van der Waals surface area contributed by atoms with Crippen molar-refractivity contribution in [2.75, 3.05) is 0 Å². The van der Waals surface area contributed by atoms with Gasteiger partial charge in [-0.15, -0.1) is 0 Å². The molecule has 1 fully saturated rings. The Hall–Kier alpha value is -0.400. The predicted octanol–water partition coefficient (Wildman–Crippen LogP) is 2.97. The van der Waals surface area contributed by atoms with Gasteiger partial charge < -0.3 is 0 Å². The highest BCUT2D eigenvalue weighted by Gasteiger charge is 2.33. The zero-order valence-corrected chi connectivity index (χ0v) is 7.63. The molecule has 0 N–H and O–H groups in total. The molecule has 0 saturated heterocycles. The highest BCUT2D eigenvalue weighted by Crippen LogP contribution is 2.39. The SMILES string of the molecule is C[C@H]1CCC(C)(C)C[C@H]1N=O. The van der Waals surface area contributed by atoms with Crippen LogP contribution in [0.2, 0.25) is 0 Å². The van der Waals surface area contributed by atoms with Gasteiger partial charge in [-0.2, -0.15) is 4.91 Å². The van der Waals surface area contributed by atoms with Crippen LogP contribution in [0.25, 0.3) is 0 Å². The van der Waals surface area contributed by atoms with Crippen molar-refractivity contribution < 1.29 is 0 Å². The summed E-state index contributed by atoms with van der Waals surface area (Å²) in [7, 11) is 0. The van der Waals surface area contributed by atoms with Crippen LogP contribution in [0, 0.1) is 16.2 Å². The van der Waals surface area contributed by atoms with Crippen molar-refractivity contribution in [1.29, 1.82) is 0 Å². The van der Waals surface area contributed by atoms with E-state index >= 15 is 0 Å². The summed E-state index contributed by atoms with van der Waals surface area (Å²) in [5.74, 6) is 0.500. The van der Waals surface area contributed by atoms with Gasteiger partial charge in [-0.3, -0.25) is 0 Å². The smallest absolute Gasteiger partial charge is 0.0950 e. The monoisotopic (exact) mass is 155 g/mol. The predicted molar refractivity (Wildman–Crippen MR) is 46.4 cm³/mol. The molecule has 0 heterocycles. The van der Waals surface area contributed by atoms with Gasteiger partial charge in [0.15, 0.2) is 0 Å². The van der Waals surface area contributed by atoms with Crippen molar-refractivity contribution in [1.82, 2.24) is 0 Å². The van der Waals surface area contributed by atoms with Gasteiger partial charge in [0.05, 0.1) is 6.04 Å². The first-order valence-electron chi connectivity index (χ1n) is 4.38. The van der Waals surface area contributed by atoms with Gasteiger partial charge in [-0.1, -0.05) is 25.9 Å². The number of nitroso groups, excluding NO2 is 1. The van der Waals surface area contributed by atoms with E-state index in [1.807, 2.05) is 0 Å². The lowest BCUT2D eigenvalue weighted by atomic mass is 9.71. The second-order valence-corrected chi connectivity index (χ2v) is 4.56. The van der Waals surface area contributed by atoms with E-state index in [-0.39, 0.29) is 6.04 Å². The van der Waals surface area contributed by atoms with E-state index in [0.717, 1.165) is 12.8 Å². The van der Waals surface area contributed by atoms with Crippen molar-refractivity contribution in [3.63, 3.8) is 0 Å². The van der Waals surface area contributed by atoms with Crippen LogP contribution < -0.4 is 0 Å². The lowest BCUT2D eigenvalue weighted by Crippen LogP contribution is -2.30. The zero-order chi connectivity index (χ0) is 8.48. The van der Waals surface area contributed by atoms with E-state index in [1.165, 1.54) is 6.42 Å². The lowest BCUT2D eigenvalue weighted by molar-refractivity contribution is 0.174. The van der Waals surface area contributed by atoms with E-state index in [4.69, 9.17) is 0 Å². The van der Waals surface area contributed by atoms with Crippen molar-refractivity contribution in [3.05, 3.63) is 4.91 Å². The van der Waals surface area contributed by atoms with Crippen molar-refractivity contribution >= 4 is 0 Å². The molecule has 0 aliphatic heterocycles. The van der Waals surface area contributed by atoms with E-state index in [0.29, 0.717) is 11.3 Å². The van der Waals surface area contributed by atoms with Crippen molar-refractivity contribution in [2.24, 2.45) is 16.5 Å². The molecule has 1 saturated carbocycles. The Balaban J connectivity index is 2.58. The molecule has 0 spiro atoms. The number of hydrogen-bond acceptors (Lipinski definition) is 2. The molecule has 0 aromatic heterocycles. The standard InChI is InChI=1S/C9H17NO/c1-7-4-5-9(2,3)6-8(7)10-11/h7-8H,4-6H2,1-3H3/t7-,8+/m0/s1. The number of rotatable bonds is 1. The maximum absolute atomic E-state index is 10.4. The van der Waals surface area contributed by atoms with Gasteiger partial charge in [-0.25, -0.2) is 0 Å². The molecule has 64 valence electrons. The fourth-order valence-electron chi connectivity index (χ4n) is 1.82. The molecule has 11 heavy (non-hydrogen) atoms. The molecule has 0 aromatic rings. The van der Waals surface area contributed by atoms with Gasteiger partial charge in [0.2, 0.25) is 0 Å². The van der Waals surface area contributed by atoms with Crippen LogP contribution in [0.15, 0.2) is 5.18 Å². The molecule has 0 bridgehead atoms. The van der Waals surface area contributed by atoms with Gasteiger partial charge in [0.25, 0.3) is 0 Å². The molecule has 0 aromatic carbocycles. The maximum atomic E-state index is 10.4. The maximum Gasteiger partial charge on any atom is 0.0950 e. The number of nitrogens with zero attached hydrogens (tertiary/aromatic N) is 1. The molecule has 0 amide bonds. The molecule has 0 radical (unpaired) electrons. The largest absolute Gasteiger partial charge is 0.151 e. The van der Waals surface area contributed by atoms with Gasteiger partial charge >= 0.3 is 0 Å². The second-order valence-electron chi connectivity index (χ2n) is 4.56. The normalized spacial score (nSPS) is 36.6. The van der Waals surface area contributed by atoms with Gasteiger partial charge in [0, 0.05) is 0 Å². The molecule has 1 aliphatic rings. The summed E-state index contributed by atoms with van der Waals surface area (Å²) in [6.07, 6.45) is 3.36. The van der Waals surface area contributed by atoms with E-state index in [2.05, 4.69) is 25.9 Å². The third kappa shape index (κ3) is 2.01. The molecule has 2 nitrogen and oxygen atoms in total. The Bertz CT molecular complexity index is 154. The van der Waals surface area contributed by atoms with Crippen LogP contribution in [0.3, 0.4) is 0 Å². The molecule has 1 rings (SSSR count). The minimum absolute atomic E-state index is 0.0683. The first-order valence-corrected chi connectivity index (χ1v) is 4.38. The Morgan fingerprint density at radius 2 is 2.09 bits per heavy atom. The third-order valence-electron chi connectivity index (χ3n) is 2.83. The molecule has 1 aliphatic carbocycles. The minimum Gasteiger partial charge on any atom is -0.151 e. The summed E-state index contributed by atoms with van der Waals surface area (Å²) in [4.78, 5) is 10.4. The van der Waals surface area contributed by atoms with Crippen LogP contribution in [-0.2, 0) is 0 Å². The third-order valence-corrected chi connectivity index (χ3v) is 2.83. The summed E-state index contributed by atoms with van der Waals surface area (Å²) in [5, 5.41) is 3.17. The molecular weight excluding hydrogens is 138 g/mol. The van der Waals surface area contributed by atoms with Crippen LogP contribution >= 0.6 is 0 Å². The fourth-order valence-corrected chi connectivity index (χ4v) is 1.82. The van der Waals surface area contributed by atoms with Crippen molar-refractivity contribution in [2.45, 2.75) is 46.1 Å². The Morgan fingerprint density at radius 3 is 2.55 bits per heavy atom. The van der Waals surface area contributed by atoms with Crippen LogP contribution in [0.4, 0.5) is 0 Å². The first-order chi connectivity index (χ1) is 5.05. The summed E-state index contributed by atoms with van der Waals surface area (Å²) >= 11 is 0. The quantitative estimate of drug-likeness (QED) is 0.535.